The molecule has 0 bridgehead atoms. The van der Waals surface area contributed by atoms with Crippen LogP contribution in [0.4, 0.5) is 0 Å². The molecule has 2 rings (SSSR count). The van der Waals surface area contributed by atoms with Crippen molar-refractivity contribution < 1.29 is 14.3 Å². The Hall–Kier alpha value is -0.650. The third kappa shape index (κ3) is 3.40. The molecule has 0 aromatic carbocycles. The van der Waals surface area contributed by atoms with Crippen molar-refractivity contribution in [1.29, 1.82) is 0 Å². The first kappa shape index (κ1) is 12.8. The van der Waals surface area contributed by atoms with E-state index in [0.717, 1.165) is 32.4 Å². The molecule has 1 N–H and O–H groups in total. The Bertz CT molecular complexity index is 254. The summed E-state index contributed by atoms with van der Waals surface area (Å²) in [6.07, 6.45) is 2.80. The Labute approximate surface area is 102 Å². The van der Waals surface area contributed by atoms with Gasteiger partial charge in [-0.25, -0.2) is 0 Å². The molecule has 17 heavy (non-hydrogen) atoms. The maximum atomic E-state index is 12.1. The van der Waals surface area contributed by atoms with E-state index in [1.54, 1.807) is 0 Å². The summed E-state index contributed by atoms with van der Waals surface area (Å²) in [5.74, 6) is 0.153. The van der Waals surface area contributed by atoms with E-state index in [1.807, 2.05) is 11.9 Å². The predicted octanol–water partition coefficient (Wildman–Crippen LogP) is 0.00230. The van der Waals surface area contributed by atoms with Gasteiger partial charge in [0.2, 0.25) is 0 Å². The Morgan fingerprint density at radius 2 is 2.29 bits per heavy atom. The molecular formula is C12H22N2O3. The number of hydrogen-bond donors (Lipinski definition) is 1. The van der Waals surface area contributed by atoms with E-state index in [0.29, 0.717) is 19.7 Å². The van der Waals surface area contributed by atoms with Gasteiger partial charge in [-0.05, 0) is 32.9 Å². The van der Waals surface area contributed by atoms with Gasteiger partial charge in [-0.2, -0.15) is 0 Å². The Morgan fingerprint density at radius 1 is 1.41 bits per heavy atom. The predicted molar refractivity (Wildman–Crippen MR) is 63.8 cm³/mol. The van der Waals surface area contributed by atoms with Crippen LogP contribution in [0.2, 0.25) is 0 Å². The van der Waals surface area contributed by atoms with Gasteiger partial charge in [0.1, 0.15) is 6.10 Å². The first-order valence-corrected chi connectivity index (χ1v) is 6.48. The molecule has 1 amide bonds. The third-order valence-electron chi connectivity index (χ3n) is 3.37. The fourth-order valence-corrected chi connectivity index (χ4v) is 2.38. The number of carbonyl (C=O) groups is 1. The van der Waals surface area contributed by atoms with Gasteiger partial charge in [-0.3, -0.25) is 4.79 Å². The van der Waals surface area contributed by atoms with Crippen molar-refractivity contribution in [3.8, 4) is 0 Å². The molecule has 2 atom stereocenters. The van der Waals surface area contributed by atoms with Crippen molar-refractivity contribution in [2.24, 2.45) is 0 Å². The molecule has 0 aromatic heterocycles. The molecule has 2 unspecified atom stereocenters. The van der Waals surface area contributed by atoms with E-state index in [2.05, 4.69) is 5.32 Å². The van der Waals surface area contributed by atoms with Crippen LogP contribution in [-0.4, -0.2) is 62.9 Å². The molecular weight excluding hydrogens is 220 g/mol. The van der Waals surface area contributed by atoms with Gasteiger partial charge < -0.3 is 19.7 Å². The third-order valence-corrected chi connectivity index (χ3v) is 3.37. The summed E-state index contributed by atoms with van der Waals surface area (Å²) in [4.78, 5) is 14.1. The van der Waals surface area contributed by atoms with Crippen molar-refractivity contribution in [1.82, 2.24) is 10.2 Å². The lowest BCUT2D eigenvalue weighted by Gasteiger charge is -2.34. The first-order valence-electron chi connectivity index (χ1n) is 6.48. The highest BCUT2D eigenvalue weighted by atomic mass is 16.5. The summed E-state index contributed by atoms with van der Waals surface area (Å²) in [7, 11) is 1.93. The normalized spacial score (nSPS) is 29.6. The summed E-state index contributed by atoms with van der Waals surface area (Å²) >= 11 is 0. The average molecular weight is 242 g/mol. The van der Waals surface area contributed by atoms with Gasteiger partial charge in [-0.15, -0.1) is 0 Å². The van der Waals surface area contributed by atoms with Crippen LogP contribution in [-0.2, 0) is 14.3 Å². The second-order valence-corrected chi connectivity index (χ2v) is 4.67. The number of nitrogens with one attached hydrogen (secondary N) is 1. The maximum Gasteiger partial charge on any atom is 0.251 e. The van der Waals surface area contributed by atoms with Crippen LogP contribution in [0.1, 0.15) is 19.3 Å². The molecule has 0 saturated carbocycles. The second-order valence-electron chi connectivity index (χ2n) is 4.67. The minimum atomic E-state index is -0.196. The molecule has 2 aliphatic heterocycles. The molecule has 2 aliphatic rings. The summed E-state index contributed by atoms with van der Waals surface area (Å²) < 4.78 is 11.1. The number of morpholine rings is 1. The van der Waals surface area contributed by atoms with Gasteiger partial charge in [0.15, 0.2) is 0 Å². The Kier molecular flexibility index (Phi) is 4.76. The SMILES string of the molecule is CNCCC1CN(C(=O)C2CCCO2)CCO1. The van der Waals surface area contributed by atoms with Crippen molar-refractivity contribution in [2.45, 2.75) is 31.5 Å². The average Bonchev–Trinajstić information content (AvgIpc) is 2.89. The number of carbonyl (C=O) groups excluding carboxylic acids is 1. The first-order chi connectivity index (χ1) is 8.31. The highest BCUT2D eigenvalue weighted by molar-refractivity contribution is 5.81. The minimum absolute atomic E-state index is 0.153. The maximum absolute atomic E-state index is 12.1. The van der Waals surface area contributed by atoms with E-state index in [-0.39, 0.29) is 18.1 Å². The lowest BCUT2D eigenvalue weighted by atomic mass is 10.1. The zero-order chi connectivity index (χ0) is 12.1. The molecule has 2 heterocycles. The van der Waals surface area contributed by atoms with E-state index in [4.69, 9.17) is 9.47 Å². The second kappa shape index (κ2) is 6.33. The zero-order valence-electron chi connectivity index (χ0n) is 10.5. The van der Waals surface area contributed by atoms with Gasteiger partial charge in [-0.1, -0.05) is 0 Å². The summed E-state index contributed by atoms with van der Waals surface area (Å²) in [6, 6.07) is 0. The fourth-order valence-electron chi connectivity index (χ4n) is 2.38. The van der Waals surface area contributed by atoms with E-state index in [9.17, 15) is 4.79 Å². The van der Waals surface area contributed by atoms with Gasteiger partial charge in [0.05, 0.1) is 12.7 Å². The number of nitrogens with zero attached hydrogens (tertiary/aromatic N) is 1. The highest BCUT2D eigenvalue weighted by Gasteiger charge is 2.31. The molecule has 2 fully saturated rings. The monoisotopic (exact) mass is 242 g/mol. The quantitative estimate of drug-likeness (QED) is 0.754. The van der Waals surface area contributed by atoms with Crippen LogP contribution in [0, 0.1) is 0 Å². The van der Waals surface area contributed by atoms with Gasteiger partial charge in [0, 0.05) is 19.7 Å². The lowest BCUT2D eigenvalue weighted by Crippen LogP contribution is -2.49. The number of ether oxygens (including phenoxy) is 2. The van der Waals surface area contributed by atoms with E-state index in [1.165, 1.54) is 0 Å². The van der Waals surface area contributed by atoms with Crippen LogP contribution in [0.3, 0.4) is 0 Å². The topological polar surface area (TPSA) is 50.8 Å². The highest BCUT2D eigenvalue weighted by Crippen LogP contribution is 2.17. The van der Waals surface area contributed by atoms with Crippen LogP contribution in [0.25, 0.3) is 0 Å². The van der Waals surface area contributed by atoms with Crippen molar-refractivity contribution in [3.63, 3.8) is 0 Å². The van der Waals surface area contributed by atoms with Crippen LogP contribution in [0.5, 0.6) is 0 Å². The molecule has 5 heteroatoms. The standard InChI is InChI=1S/C12H22N2O3/c1-13-5-4-10-9-14(6-8-16-10)12(15)11-3-2-7-17-11/h10-11,13H,2-9H2,1H3. The lowest BCUT2D eigenvalue weighted by molar-refractivity contribution is -0.148. The molecule has 0 spiro atoms. The molecule has 2 saturated heterocycles. The summed E-state index contributed by atoms with van der Waals surface area (Å²) in [5.41, 5.74) is 0. The Morgan fingerprint density at radius 3 is 3.00 bits per heavy atom. The van der Waals surface area contributed by atoms with Crippen molar-refractivity contribution in [3.05, 3.63) is 0 Å². The molecule has 98 valence electrons. The largest absolute Gasteiger partial charge is 0.374 e. The van der Waals surface area contributed by atoms with E-state index >= 15 is 0 Å². The molecule has 0 aromatic rings. The van der Waals surface area contributed by atoms with Gasteiger partial charge in [0.25, 0.3) is 5.91 Å². The van der Waals surface area contributed by atoms with Crippen molar-refractivity contribution in [2.75, 3.05) is 39.9 Å². The molecule has 5 nitrogen and oxygen atoms in total. The minimum Gasteiger partial charge on any atom is -0.374 e. The van der Waals surface area contributed by atoms with Crippen molar-refractivity contribution >= 4 is 5.91 Å². The van der Waals surface area contributed by atoms with Crippen LogP contribution < -0.4 is 5.32 Å². The van der Waals surface area contributed by atoms with Gasteiger partial charge >= 0.3 is 0 Å². The van der Waals surface area contributed by atoms with E-state index < -0.39 is 0 Å². The summed E-state index contributed by atoms with van der Waals surface area (Å²) in [5, 5.41) is 3.11. The van der Waals surface area contributed by atoms with Crippen LogP contribution in [0.15, 0.2) is 0 Å². The van der Waals surface area contributed by atoms with Crippen LogP contribution >= 0.6 is 0 Å². The number of hydrogen-bond acceptors (Lipinski definition) is 4. The summed E-state index contributed by atoms with van der Waals surface area (Å²) in [6.45, 7) is 3.71. The number of amides is 1. The molecule has 0 aliphatic carbocycles. The number of rotatable bonds is 4. The molecule has 0 radical (unpaired) electrons. The fraction of sp³-hybridized carbons (Fsp3) is 0.917. The smallest absolute Gasteiger partial charge is 0.251 e. The zero-order valence-corrected chi connectivity index (χ0v) is 10.5. The Balaban J connectivity index is 1.81.